The van der Waals surface area contributed by atoms with Crippen LogP contribution in [0.25, 0.3) is 11.3 Å². The molecule has 8 nitrogen and oxygen atoms in total. The Morgan fingerprint density at radius 1 is 1.08 bits per heavy atom. The number of pyridine rings is 1. The first-order valence-electron chi connectivity index (χ1n) is 12.3. The molecule has 0 aliphatic heterocycles. The van der Waals surface area contributed by atoms with E-state index < -0.39 is 12.6 Å². The summed E-state index contributed by atoms with van der Waals surface area (Å²) in [6.45, 7) is -2.50. The molecule has 38 heavy (non-hydrogen) atoms. The summed E-state index contributed by atoms with van der Waals surface area (Å²) in [4.78, 5) is 15.4. The zero-order valence-corrected chi connectivity index (χ0v) is 20.5. The highest BCUT2D eigenvalue weighted by molar-refractivity contribution is 5.88. The smallest absolute Gasteiger partial charge is 0.387 e. The maximum atomic E-state index is 13.1. The van der Waals surface area contributed by atoms with E-state index in [2.05, 4.69) is 10.3 Å². The molecule has 1 aliphatic carbocycles. The molecule has 10 heteroatoms. The van der Waals surface area contributed by atoms with E-state index in [9.17, 15) is 13.6 Å². The van der Waals surface area contributed by atoms with E-state index in [1.165, 1.54) is 6.07 Å². The molecule has 1 atom stereocenters. The zero-order chi connectivity index (χ0) is 26.5. The van der Waals surface area contributed by atoms with Crippen molar-refractivity contribution >= 4 is 11.7 Å². The monoisotopic (exact) mass is 519 g/mol. The van der Waals surface area contributed by atoms with E-state index in [0.717, 1.165) is 29.5 Å². The molecule has 1 fully saturated rings. The molecule has 0 saturated heterocycles. The molecule has 5 rings (SSSR count). The Morgan fingerprint density at radius 2 is 1.89 bits per heavy atom. The number of aromatic nitrogens is 3. The van der Waals surface area contributed by atoms with Crippen molar-refractivity contribution in [3.8, 4) is 22.8 Å². The van der Waals surface area contributed by atoms with Gasteiger partial charge in [-0.3, -0.25) is 9.67 Å². The standard InChI is InChI=1S/C28H27F2N5O3/c29-27(30)38-25-7-6-21(16-26(25)37-17-19-4-5-19)24(14-18-8-11-32-12-9-18)35-13-10-23(34-35)20-2-1-3-22(15-20)33-28(31)36/h1-3,6-13,15-16,19,24,27H,4-5,14,17H2,(H3,31,33,36). The van der Waals surface area contributed by atoms with Crippen LogP contribution < -0.4 is 20.5 Å². The first-order valence-corrected chi connectivity index (χ1v) is 12.3. The van der Waals surface area contributed by atoms with Gasteiger partial charge in [0, 0.05) is 29.8 Å². The Balaban J connectivity index is 1.49. The van der Waals surface area contributed by atoms with Gasteiger partial charge in [0.1, 0.15) is 0 Å². The van der Waals surface area contributed by atoms with E-state index in [0.29, 0.717) is 30.3 Å². The lowest BCUT2D eigenvalue weighted by Gasteiger charge is -2.21. The second-order valence-electron chi connectivity index (χ2n) is 9.17. The molecule has 2 heterocycles. The molecule has 1 unspecified atom stereocenters. The summed E-state index contributed by atoms with van der Waals surface area (Å²) in [5, 5.41) is 7.39. The molecule has 196 valence electrons. The summed E-state index contributed by atoms with van der Waals surface area (Å²) >= 11 is 0. The highest BCUT2D eigenvalue weighted by atomic mass is 19.3. The number of nitrogens with two attached hydrogens (primary N) is 1. The first-order chi connectivity index (χ1) is 18.4. The first kappa shape index (κ1) is 25.2. The van der Waals surface area contributed by atoms with Gasteiger partial charge in [-0.25, -0.2) is 4.79 Å². The van der Waals surface area contributed by atoms with Gasteiger partial charge in [-0.2, -0.15) is 13.9 Å². The van der Waals surface area contributed by atoms with Gasteiger partial charge in [-0.1, -0.05) is 18.2 Å². The van der Waals surface area contributed by atoms with Gasteiger partial charge in [0.2, 0.25) is 0 Å². The zero-order valence-electron chi connectivity index (χ0n) is 20.5. The van der Waals surface area contributed by atoms with E-state index in [1.807, 2.05) is 35.1 Å². The summed E-state index contributed by atoms with van der Waals surface area (Å²) in [6.07, 6.45) is 8.03. The number of alkyl halides is 2. The fourth-order valence-electron chi connectivity index (χ4n) is 4.20. The number of carbonyl (C=O) groups excluding carboxylic acids is 1. The van der Waals surface area contributed by atoms with Gasteiger partial charge in [0.25, 0.3) is 0 Å². The van der Waals surface area contributed by atoms with E-state index in [1.54, 1.807) is 42.7 Å². The van der Waals surface area contributed by atoms with Crippen molar-refractivity contribution in [1.82, 2.24) is 14.8 Å². The van der Waals surface area contributed by atoms with Crippen molar-refractivity contribution in [2.75, 3.05) is 11.9 Å². The van der Waals surface area contributed by atoms with Gasteiger partial charge in [0.15, 0.2) is 11.5 Å². The van der Waals surface area contributed by atoms with Gasteiger partial charge in [-0.15, -0.1) is 0 Å². The molecular weight excluding hydrogens is 492 g/mol. The minimum absolute atomic E-state index is 0.00646. The summed E-state index contributed by atoms with van der Waals surface area (Å²) in [7, 11) is 0. The highest BCUT2D eigenvalue weighted by Gasteiger charge is 2.24. The Kier molecular flexibility index (Phi) is 7.48. The normalized spacial score (nSPS) is 13.8. The minimum atomic E-state index is -2.95. The average Bonchev–Trinajstić information content (AvgIpc) is 3.60. The molecule has 0 spiro atoms. The molecular formula is C28H27F2N5O3. The summed E-state index contributed by atoms with van der Waals surface area (Å²) in [5.74, 6) is 0.734. The maximum Gasteiger partial charge on any atom is 0.387 e. The number of hydrogen-bond acceptors (Lipinski definition) is 5. The number of halogens is 2. The number of anilines is 1. The van der Waals surface area contributed by atoms with Crippen LogP contribution in [0.5, 0.6) is 11.5 Å². The molecule has 0 radical (unpaired) electrons. The van der Waals surface area contributed by atoms with Crippen molar-refractivity contribution in [1.29, 1.82) is 0 Å². The van der Waals surface area contributed by atoms with E-state index in [-0.39, 0.29) is 17.5 Å². The number of urea groups is 1. The second-order valence-corrected chi connectivity index (χ2v) is 9.17. The predicted octanol–water partition coefficient (Wildman–Crippen LogP) is 5.66. The minimum Gasteiger partial charge on any atom is -0.489 e. The number of carbonyl (C=O) groups is 1. The molecule has 2 aromatic carbocycles. The van der Waals surface area contributed by atoms with Crippen LogP contribution in [0.2, 0.25) is 0 Å². The van der Waals surface area contributed by atoms with Crippen LogP contribution in [-0.4, -0.2) is 34.0 Å². The fraction of sp³-hybridized carbons (Fsp3) is 0.250. The number of nitrogens with one attached hydrogen (secondary N) is 1. The van der Waals surface area contributed by atoms with Gasteiger partial charge < -0.3 is 20.5 Å². The lowest BCUT2D eigenvalue weighted by molar-refractivity contribution is -0.0515. The number of rotatable bonds is 11. The summed E-state index contributed by atoms with van der Waals surface area (Å²) < 4.78 is 38.6. The highest BCUT2D eigenvalue weighted by Crippen LogP contribution is 2.37. The van der Waals surface area contributed by atoms with Crippen molar-refractivity contribution < 1.29 is 23.0 Å². The van der Waals surface area contributed by atoms with Crippen LogP contribution in [0.3, 0.4) is 0 Å². The Bertz CT molecular complexity index is 1390. The second kappa shape index (κ2) is 11.3. The third-order valence-electron chi connectivity index (χ3n) is 6.27. The third-order valence-corrected chi connectivity index (χ3v) is 6.27. The molecule has 4 aromatic rings. The topological polar surface area (TPSA) is 104 Å². The SMILES string of the molecule is NC(=O)Nc1cccc(-c2ccn(C(Cc3ccncc3)c3ccc(OC(F)F)c(OCC4CC4)c3)n2)c1. The molecule has 3 N–H and O–H groups in total. The Labute approximate surface area is 218 Å². The largest absolute Gasteiger partial charge is 0.489 e. The van der Waals surface area contributed by atoms with Gasteiger partial charge in [0.05, 0.1) is 18.3 Å². The lowest BCUT2D eigenvalue weighted by Crippen LogP contribution is -2.19. The van der Waals surface area contributed by atoms with Crippen LogP contribution in [0.4, 0.5) is 19.3 Å². The molecule has 2 amide bonds. The van der Waals surface area contributed by atoms with Crippen LogP contribution in [-0.2, 0) is 6.42 Å². The Morgan fingerprint density at radius 3 is 2.63 bits per heavy atom. The van der Waals surface area contributed by atoms with Crippen molar-refractivity contribution in [2.45, 2.75) is 31.9 Å². The van der Waals surface area contributed by atoms with Gasteiger partial charge in [-0.05, 0) is 78.8 Å². The summed E-state index contributed by atoms with van der Waals surface area (Å²) in [5.41, 5.74) is 9.16. The number of ether oxygens (including phenoxy) is 2. The van der Waals surface area contributed by atoms with Crippen LogP contribution in [0, 0.1) is 5.92 Å². The Hall–Kier alpha value is -4.47. The molecule has 1 saturated carbocycles. The maximum absolute atomic E-state index is 13.1. The van der Waals surface area contributed by atoms with E-state index >= 15 is 0 Å². The van der Waals surface area contributed by atoms with Crippen LogP contribution in [0.1, 0.15) is 30.0 Å². The van der Waals surface area contributed by atoms with Crippen molar-refractivity contribution in [2.24, 2.45) is 11.7 Å². The average molecular weight is 520 g/mol. The van der Waals surface area contributed by atoms with Crippen molar-refractivity contribution in [3.63, 3.8) is 0 Å². The number of benzene rings is 2. The quantitative estimate of drug-likeness (QED) is 0.266. The summed E-state index contributed by atoms with van der Waals surface area (Å²) in [6, 6.07) is 17.1. The van der Waals surface area contributed by atoms with Crippen molar-refractivity contribution in [3.05, 3.63) is 90.4 Å². The number of amides is 2. The molecule has 0 bridgehead atoms. The third kappa shape index (κ3) is 6.44. The van der Waals surface area contributed by atoms with E-state index in [4.69, 9.17) is 20.3 Å². The fourth-order valence-corrected chi connectivity index (χ4v) is 4.20. The number of hydrogen-bond donors (Lipinski definition) is 2. The number of primary amides is 1. The lowest BCUT2D eigenvalue weighted by atomic mass is 9.99. The predicted molar refractivity (Wildman–Crippen MR) is 138 cm³/mol. The van der Waals surface area contributed by atoms with Crippen LogP contribution in [0.15, 0.2) is 79.3 Å². The van der Waals surface area contributed by atoms with Crippen LogP contribution >= 0.6 is 0 Å². The number of nitrogens with zero attached hydrogens (tertiary/aromatic N) is 3. The molecule has 1 aliphatic rings. The molecule has 2 aromatic heterocycles. The van der Waals surface area contributed by atoms with Gasteiger partial charge >= 0.3 is 12.6 Å².